The number of rotatable bonds is 16. The highest BCUT2D eigenvalue weighted by Crippen LogP contribution is 2.21. The van der Waals surface area contributed by atoms with Crippen molar-refractivity contribution >= 4 is 0 Å². The van der Waals surface area contributed by atoms with Crippen LogP contribution in [0.25, 0.3) is 0 Å². The molecule has 0 bridgehead atoms. The number of unbranched alkanes of at least 4 members (excludes halogenated alkanes) is 10. The van der Waals surface area contributed by atoms with Gasteiger partial charge in [-0.3, -0.25) is 0 Å². The third-order valence-electron chi connectivity index (χ3n) is 5.26. The highest BCUT2D eigenvalue weighted by atomic mass is 15.4. The van der Waals surface area contributed by atoms with E-state index in [4.69, 9.17) is 0 Å². The number of hydrogen-bond donors (Lipinski definition) is 0. The molecule has 0 spiro atoms. The van der Waals surface area contributed by atoms with Crippen LogP contribution in [0.15, 0.2) is 12.4 Å². The van der Waals surface area contributed by atoms with Crippen molar-refractivity contribution in [2.24, 2.45) is 0 Å². The van der Waals surface area contributed by atoms with Crippen LogP contribution in [0.1, 0.15) is 111 Å². The van der Waals surface area contributed by atoms with E-state index in [-0.39, 0.29) is 0 Å². The molecule has 0 saturated heterocycles. The fourth-order valence-corrected chi connectivity index (χ4v) is 3.81. The van der Waals surface area contributed by atoms with Crippen molar-refractivity contribution in [3.8, 4) is 0 Å². The summed E-state index contributed by atoms with van der Waals surface area (Å²) in [4.78, 5) is 5.13. The fourth-order valence-electron chi connectivity index (χ4n) is 3.81. The molecule has 1 atom stereocenters. The topological polar surface area (TPSA) is 6.48 Å². The third kappa shape index (κ3) is 8.99. The number of hydrogen-bond acceptors (Lipinski definition) is 2. The first kappa shape index (κ1) is 21.4. The van der Waals surface area contributed by atoms with Crippen LogP contribution in [0.5, 0.6) is 0 Å². The number of nitrogens with zero attached hydrogens (tertiary/aromatic N) is 2. The lowest BCUT2D eigenvalue weighted by atomic mass is 10.1. The first-order valence-corrected chi connectivity index (χ1v) is 11.0. The molecule has 1 aliphatic heterocycles. The van der Waals surface area contributed by atoms with Gasteiger partial charge in [-0.2, -0.15) is 0 Å². The van der Waals surface area contributed by atoms with E-state index in [9.17, 15) is 0 Å². The standard InChI is InChI=1S/C22H44N2/c1-4-7-8-9-10-11-12-13-14-15-16-19-24-21-20-23(18-6-3)22(24)17-5-2/h20-22H,4-19H2,1-3H3. The Balaban J connectivity index is 1.99. The molecule has 0 saturated carbocycles. The van der Waals surface area contributed by atoms with Crippen molar-refractivity contribution in [3.05, 3.63) is 12.4 Å². The van der Waals surface area contributed by atoms with Crippen molar-refractivity contribution < 1.29 is 0 Å². The normalized spacial score (nSPS) is 17.2. The Labute approximate surface area is 152 Å². The minimum Gasteiger partial charge on any atom is -0.356 e. The Morgan fingerprint density at radius 2 is 1.04 bits per heavy atom. The molecule has 0 aromatic carbocycles. The van der Waals surface area contributed by atoms with Crippen molar-refractivity contribution in [2.75, 3.05) is 13.1 Å². The molecule has 1 unspecified atom stereocenters. The van der Waals surface area contributed by atoms with Crippen LogP contribution in [-0.2, 0) is 0 Å². The second-order valence-corrected chi connectivity index (χ2v) is 7.58. The van der Waals surface area contributed by atoms with E-state index in [1.54, 1.807) is 0 Å². The zero-order chi connectivity index (χ0) is 17.5. The lowest BCUT2D eigenvalue weighted by Gasteiger charge is -2.32. The van der Waals surface area contributed by atoms with E-state index in [0.717, 1.165) is 0 Å². The van der Waals surface area contributed by atoms with Crippen molar-refractivity contribution in [1.29, 1.82) is 0 Å². The van der Waals surface area contributed by atoms with Gasteiger partial charge in [-0.1, -0.05) is 91.4 Å². The van der Waals surface area contributed by atoms with E-state index in [1.807, 2.05) is 0 Å². The average Bonchev–Trinajstić information content (AvgIpc) is 2.95. The van der Waals surface area contributed by atoms with Crippen LogP contribution in [0, 0.1) is 0 Å². The maximum absolute atomic E-state index is 2.59. The molecule has 1 aliphatic rings. The van der Waals surface area contributed by atoms with Crippen LogP contribution in [0.3, 0.4) is 0 Å². The lowest BCUT2D eigenvalue weighted by Crippen LogP contribution is -2.39. The van der Waals surface area contributed by atoms with Gasteiger partial charge < -0.3 is 9.80 Å². The molecule has 0 fully saturated rings. The van der Waals surface area contributed by atoms with E-state index >= 15 is 0 Å². The molecule has 0 aromatic heterocycles. The van der Waals surface area contributed by atoms with Crippen molar-refractivity contribution in [1.82, 2.24) is 9.80 Å². The Hall–Kier alpha value is -0.660. The summed E-state index contributed by atoms with van der Waals surface area (Å²) in [6, 6.07) is 0. The Bertz CT molecular complexity index is 300. The van der Waals surface area contributed by atoms with Gasteiger partial charge >= 0.3 is 0 Å². The largest absolute Gasteiger partial charge is 0.356 e. The van der Waals surface area contributed by atoms with Crippen LogP contribution in [0.2, 0.25) is 0 Å². The summed E-state index contributed by atoms with van der Waals surface area (Å²) in [5.74, 6) is 0. The summed E-state index contributed by atoms with van der Waals surface area (Å²) < 4.78 is 0. The quantitative estimate of drug-likeness (QED) is 0.282. The molecule has 0 amide bonds. The maximum atomic E-state index is 2.59. The van der Waals surface area contributed by atoms with Gasteiger partial charge in [0, 0.05) is 25.5 Å². The van der Waals surface area contributed by atoms with Crippen LogP contribution in [-0.4, -0.2) is 29.1 Å². The first-order chi connectivity index (χ1) is 11.8. The van der Waals surface area contributed by atoms with Gasteiger partial charge in [-0.25, -0.2) is 0 Å². The highest BCUT2D eigenvalue weighted by molar-refractivity contribution is 4.96. The monoisotopic (exact) mass is 336 g/mol. The molecule has 24 heavy (non-hydrogen) atoms. The Kier molecular flexibility index (Phi) is 13.1. The Morgan fingerprint density at radius 1 is 0.542 bits per heavy atom. The summed E-state index contributed by atoms with van der Waals surface area (Å²) in [7, 11) is 0. The minimum absolute atomic E-state index is 0.637. The SMILES string of the molecule is CCCCCCCCCCCCCN1C=CN(CCC)C1CCC. The zero-order valence-corrected chi connectivity index (χ0v) is 16.9. The second-order valence-electron chi connectivity index (χ2n) is 7.58. The van der Waals surface area contributed by atoms with Gasteiger partial charge in [0.15, 0.2) is 0 Å². The van der Waals surface area contributed by atoms with Crippen molar-refractivity contribution in [3.63, 3.8) is 0 Å². The molecule has 0 aliphatic carbocycles. The van der Waals surface area contributed by atoms with Crippen LogP contribution < -0.4 is 0 Å². The van der Waals surface area contributed by atoms with Crippen LogP contribution >= 0.6 is 0 Å². The lowest BCUT2D eigenvalue weighted by molar-refractivity contribution is 0.140. The second kappa shape index (κ2) is 14.7. The molecule has 142 valence electrons. The van der Waals surface area contributed by atoms with E-state index in [0.29, 0.717) is 6.17 Å². The molecule has 1 rings (SSSR count). The predicted octanol–water partition coefficient (Wildman–Crippen LogP) is 6.92. The third-order valence-corrected chi connectivity index (χ3v) is 5.26. The summed E-state index contributed by atoms with van der Waals surface area (Å²) in [6.45, 7) is 9.34. The Morgan fingerprint density at radius 3 is 1.54 bits per heavy atom. The summed E-state index contributed by atoms with van der Waals surface area (Å²) in [5, 5.41) is 0. The van der Waals surface area contributed by atoms with Crippen LogP contribution in [0.4, 0.5) is 0 Å². The first-order valence-electron chi connectivity index (χ1n) is 11.0. The van der Waals surface area contributed by atoms with Crippen molar-refractivity contribution in [2.45, 2.75) is 117 Å². The van der Waals surface area contributed by atoms with E-state index < -0.39 is 0 Å². The average molecular weight is 337 g/mol. The van der Waals surface area contributed by atoms with Gasteiger partial charge in [-0.05, 0) is 19.3 Å². The summed E-state index contributed by atoms with van der Waals surface area (Å²) in [6.07, 6.45) is 24.9. The van der Waals surface area contributed by atoms with Gasteiger partial charge in [0.2, 0.25) is 0 Å². The van der Waals surface area contributed by atoms with Gasteiger partial charge in [-0.15, -0.1) is 0 Å². The molecule has 0 N–H and O–H groups in total. The molecule has 2 nitrogen and oxygen atoms in total. The van der Waals surface area contributed by atoms with Gasteiger partial charge in [0.25, 0.3) is 0 Å². The van der Waals surface area contributed by atoms with E-state index in [2.05, 4.69) is 43.0 Å². The molecule has 0 aromatic rings. The molecular formula is C22H44N2. The van der Waals surface area contributed by atoms with Gasteiger partial charge in [0.1, 0.15) is 6.17 Å². The van der Waals surface area contributed by atoms with E-state index in [1.165, 1.54) is 103 Å². The molecular weight excluding hydrogens is 292 g/mol. The zero-order valence-electron chi connectivity index (χ0n) is 16.9. The predicted molar refractivity (Wildman–Crippen MR) is 108 cm³/mol. The maximum Gasteiger partial charge on any atom is 0.101 e. The molecule has 0 radical (unpaired) electrons. The fraction of sp³-hybridized carbons (Fsp3) is 0.909. The molecule has 1 heterocycles. The highest BCUT2D eigenvalue weighted by Gasteiger charge is 2.23. The summed E-state index contributed by atoms with van der Waals surface area (Å²) in [5.41, 5.74) is 0. The minimum atomic E-state index is 0.637. The summed E-state index contributed by atoms with van der Waals surface area (Å²) >= 11 is 0. The smallest absolute Gasteiger partial charge is 0.101 e. The van der Waals surface area contributed by atoms with Gasteiger partial charge in [0.05, 0.1) is 0 Å². The molecule has 2 heteroatoms.